The molecule has 0 saturated carbocycles. The number of furan rings is 1. The zero-order valence-electron chi connectivity index (χ0n) is 11.1. The molecule has 2 heterocycles. The molecule has 4 nitrogen and oxygen atoms in total. The molecule has 0 spiro atoms. The van der Waals surface area contributed by atoms with Crippen LogP contribution in [0.4, 0.5) is 5.69 Å². The summed E-state index contributed by atoms with van der Waals surface area (Å²) in [5.41, 5.74) is 9.84. The Morgan fingerprint density at radius 2 is 1.86 bits per heavy atom. The molecule has 0 saturated heterocycles. The Morgan fingerprint density at radius 3 is 2.67 bits per heavy atom. The lowest BCUT2D eigenvalue weighted by atomic mass is 10.1. The Balaban J connectivity index is 1.83. The maximum Gasteiger partial charge on any atom is 0.227 e. The number of nitrogens with zero attached hydrogens (tertiary/aromatic N) is 1. The predicted molar refractivity (Wildman–Crippen MR) is 81.6 cm³/mol. The molecule has 4 heteroatoms. The number of aromatic nitrogens is 1. The maximum atomic E-state index is 5.84. The topological polar surface area (TPSA) is 65.2 Å². The summed E-state index contributed by atoms with van der Waals surface area (Å²) in [6, 6.07) is 17.1. The van der Waals surface area contributed by atoms with E-state index in [-0.39, 0.29) is 0 Å². The summed E-state index contributed by atoms with van der Waals surface area (Å²) in [4.78, 5) is 4.49. The molecule has 0 bridgehead atoms. The first-order valence-electron chi connectivity index (χ1n) is 6.60. The Kier molecular flexibility index (Phi) is 2.54. The van der Waals surface area contributed by atoms with E-state index in [2.05, 4.69) is 4.98 Å². The van der Waals surface area contributed by atoms with Gasteiger partial charge in [0.05, 0.1) is 6.26 Å². The van der Waals surface area contributed by atoms with Crippen molar-refractivity contribution >= 4 is 16.8 Å². The fourth-order valence-electron chi connectivity index (χ4n) is 2.32. The van der Waals surface area contributed by atoms with Crippen molar-refractivity contribution in [2.24, 2.45) is 0 Å². The third-order valence-electron chi connectivity index (χ3n) is 3.33. The van der Waals surface area contributed by atoms with Crippen LogP contribution < -0.4 is 5.73 Å². The first-order chi connectivity index (χ1) is 10.3. The summed E-state index contributed by atoms with van der Waals surface area (Å²) in [5.74, 6) is 1.37. The number of hydrogen-bond acceptors (Lipinski definition) is 4. The number of oxazole rings is 1. The maximum absolute atomic E-state index is 5.84. The Bertz CT molecular complexity index is 908. The summed E-state index contributed by atoms with van der Waals surface area (Å²) in [6.45, 7) is 0. The van der Waals surface area contributed by atoms with E-state index in [1.165, 1.54) is 0 Å². The van der Waals surface area contributed by atoms with Crippen LogP contribution in [0, 0.1) is 0 Å². The van der Waals surface area contributed by atoms with Gasteiger partial charge in [0.2, 0.25) is 5.89 Å². The van der Waals surface area contributed by atoms with Crippen molar-refractivity contribution in [1.29, 1.82) is 0 Å². The van der Waals surface area contributed by atoms with Crippen molar-refractivity contribution in [3.05, 3.63) is 60.9 Å². The average molecular weight is 276 g/mol. The number of fused-ring (bicyclic) bond motifs is 1. The molecule has 0 amide bonds. The third-order valence-corrected chi connectivity index (χ3v) is 3.33. The highest BCUT2D eigenvalue weighted by molar-refractivity contribution is 5.81. The fourth-order valence-corrected chi connectivity index (χ4v) is 2.32. The average Bonchev–Trinajstić information content (AvgIpc) is 3.16. The molecule has 2 aromatic heterocycles. The Morgan fingerprint density at radius 1 is 0.905 bits per heavy atom. The monoisotopic (exact) mass is 276 g/mol. The van der Waals surface area contributed by atoms with Crippen molar-refractivity contribution in [3.8, 4) is 22.8 Å². The van der Waals surface area contributed by atoms with Gasteiger partial charge in [0.25, 0.3) is 0 Å². The van der Waals surface area contributed by atoms with Gasteiger partial charge < -0.3 is 14.6 Å². The van der Waals surface area contributed by atoms with Gasteiger partial charge in [-0.25, -0.2) is 4.98 Å². The molecule has 4 rings (SSSR count). The van der Waals surface area contributed by atoms with E-state index in [4.69, 9.17) is 14.6 Å². The first-order valence-corrected chi connectivity index (χ1v) is 6.60. The van der Waals surface area contributed by atoms with E-state index >= 15 is 0 Å². The Hall–Kier alpha value is -3.01. The number of rotatable bonds is 2. The number of nitrogens with two attached hydrogens (primary N) is 1. The van der Waals surface area contributed by atoms with Gasteiger partial charge in [-0.15, -0.1) is 0 Å². The lowest BCUT2D eigenvalue weighted by molar-refractivity contribution is 0.581. The molecule has 0 unspecified atom stereocenters. The molecule has 2 N–H and O–H groups in total. The second kappa shape index (κ2) is 4.52. The highest BCUT2D eigenvalue weighted by atomic mass is 16.3. The second-order valence-electron chi connectivity index (χ2n) is 4.80. The first kappa shape index (κ1) is 11.8. The van der Waals surface area contributed by atoms with Gasteiger partial charge in [0, 0.05) is 16.8 Å². The molecule has 0 aliphatic rings. The van der Waals surface area contributed by atoms with E-state index in [9.17, 15) is 0 Å². The van der Waals surface area contributed by atoms with E-state index in [0.29, 0.717) is 11.6 Å². The normalized spacial score (nSPS) is 11.0. The van der Waals surface area contributed by atoms with Crippen molar-refractivity contribution in [2.45, 2.75) is 0 Å². The van der Waals surface area contributed by atoms with Crippen LogP contribution in [0.25, 0.3) is 33.9 Å². The molecule has 102 valence electrons. The van der Waals surface area contributed by atoms with E-state index in [1.54, 1.807) is 6.26 Å². The van der Waals surface area contributed by atoms with Gasteiger partial charge in [0.15, 0.2) is 5.58 Å². The van der Waals surface area contributed by atoms with Crippen LogP contribution in [0.2, 0.25) is 0 Å². The van der Waals surface area contributed by atoms with Gasteiger partial charge in [-0.2, -0.15) is 0 Å². The van der Waals surface area contributed by atoms with Gasteiger partial charge in [-0.3, -0.25) is 0 Å². The summed E-state index contributed by atoms with van der Waals surface area (Å²) < 4.78 is 11.2. The van der Waals surface area contributed by atoms with Crippen molar-refractivity contribution in [2.75, 3.05) is 5.73 Å². The molecule has 0 fully saturated rings. The molecular weight excluding hydrogens is 264 g/mol. The Labute approximate surface area is 120 Å². The zero-order chi connectivity index (χ0) is 14.2. The zero-order valence-corrected chi connectivity index (χ0v) is 11.1. The predicted octanol–water partition coefficient (Wildman–Crippen LogP) is 4.34. The number of hydrogen-bond donors (Lipinski definition) is 1. The fraction of sp³-hybridized carbons (Fsp3) is 0. The van der Waals surface area contributed by atoms with E-state index < -0.39 is 0 Å². The van der Waals surface area contributed by atoms with Crippen molar-refractivity contribution in [1.82, 2.24) is 4.98 Å². The smallest absolute Gasteiger partial charge is 0.227 e. The standard InChI is InChI=1S/C17H12N2O2/c18-13-4-1-3-12(9-13)17-19-14-7-6-11(10-16(14)21-17)15-5-2-8-20-15/h1-10H,18H2. The van der Waals surface area contributed by atoms with E-state index in [0.717, 1.165) is 28.0 Å². The third kappa shape index (κ3) is 2.07. The van der Waals surface area contributed by atoms with Gasteiger partial charge >= 0.3 is 0 Å². The summed E-state index contributed by atoms with van der Waals surface area (Å²) >= 11 is 0. The number of anilines is 1. The van der Waals surface area contributed by atoms with Crippen LogP contribution >= 0.6 is 0 Å². The SMILES string of the molecule is Nc1cccc(-c2nc3ccc(-c4ccco4)cc3o2)c1. The minimum absolute atomic E-state index is 0.564. The largest absolute Gasteiger partial charge is 0.464 e. The molecule has 0 aliphatic heterocycles. The van der Waals surface area contributed by atoms with Gasteiger partial charge in [-0.1, -0.05) is 6.07 Å². The van der Waals surface area contributed by atoms with Crippen molar-refractivity contribution in [3.63, 3.8) is 0 Å². The molecule has 0 atom stereocenters. The van der Waals surface area contributed by atoms with Crippen LogP contribution in [-0.4, -0.2) is 4.98 Å². The van der Waals surface area contributed by atoms with Crippen LogP contribution in [0.3, 0.4) is 0 Å². The van der Waals surface area contributed by atoms with Gasteiger partial charge in [-0.05, 0) is 48.5 Å². The lowest BCUT2D eigenvalue weighted by Gasteiger charge is -1.96. The molecule has 0 aliphatic carbocycles. The molecule has 2 aromatic carbocycles. The summed E-state index contributed by atoms with van der Waals surface area (Å²) in [6.07, 6.45) is 1.65. The minimum atomic E-state index is 0.564. The highest BCUT2D eigenvalue weighted by Gasteiger charge is 2.10. The van der Waals surface area contributed by atoms with Crippen LogP contribution in [0.15, 0.2) is 69.7 Å². The van der Waals surface area contributed by atoms with Gasteiger partial charge in [0.1, 0.15) is 11.3 Å². The lowest BCUT2D eigenvalue weighted by Crippen LogP contribution is -1.84. The van der Waals surface area contributed by atoms with E-state index in [1.807, 2.05) is 54.6 Å². The van der Waals surface area contributed by atoms with Crippen LogP contribution in [0.1, 0.15) is 0 Å². The molecule has 4 aromatic rings. The quantitative estimate of drug-likeness (QED) is 0.553. The highest BCUT2D eigenvalue weighted by Crippen LogP contribution is 2.29. The summed E-state index contributed by atoms with van der Waals surface area (Å²) in [5, 5.41) is 0. The second-order valence-corrected chi connectivity index (χ2v) is 4.80. The van der Waals surface area contributed by atoms with Crippen LogP contribution in [0.5, 0.6) is 0 Å². The molecule has 21 heavy (non-hydrogen) atoms. The number of nitrogen functional groups attached to an aromatic ring is 1. The molecular formula is C17H12N2O2. The van der Waals surface area contributed by atoms with Crippen molar-refractivity contribution < 1.29 is 8.83 Å². The molecule has 0 radical (unpaired) electrons. The number of benzene rings is 2. The van der Waals surface area contributed by atoms with Crippen LogP contribution in [-0.2, 0) is 0 Å². The summed E-state index contributed by atoms with van der Waals surface area (Å²) in [7, 11) is 0. The minimum Gasteiger partial charge on any atom is -0.464 e.